The molecule has 0 saturated heterocycles. The van der Waals surface area contributed by atoms with Crippen LogP contribution in [0.2, 0.25) is 13.3 Å². The second kappa shape index (κ2) is 12.8. The average molecular weight is 443 g/mol. The van der Waals surface area contributed by atoms with E-state index >= 15 is 0 Å². The number of aliphatic hydroxyl groups excluding tert-OH is 1. The SMILES string of the molecule is C=[C](CC(O)C1CCCCC1)[Sn]([CH2]CCC)([CH2]CCC)[CH2]CCC. The maximum atomic E-state index is 10.9. The third-order valence-electron chi connectivity index (χ3n) is 6.43. The average Bonchev–Trinajstić information content (AvgIpc) is 2.62. The number of aliphatic hydroxyl groups is 1. The van der Waals surface area contributed by atoms with Crippen LogP contribution in [0.5, 0.6) is 0 Å². The Labute approximate surface area is 156 Å². The Kier molecular flexibility index (Phi) is 12.0. The monoisotopic (exact) mass is 444 g/mol. The van der Waals surface area contributed by atoms with Gasteiger partial charge in [-0.05, 0) is 0 Å². The van der Waals surface area contributed by atoms with Gasteiger partial charge in [0.15, 0.2) is 0 Å². The van der Waals surface area contributed by atoms with Crippen LogP contribution in [0.15, 0.2) is 10.2 Å². The van der Waals surface area contributed by atoms with Gasteiger partial charge in [0.25, 0.3) is 0 Å². The molecule has 24 heavy (non-hydrogen) atoms. The second-order valence-electron chi connectivity index (χ2n) is 8.36. The number of rotatable bonds is 13. The van der Waals surface area contributed by atoms with Gasteiger partial charge in [0, 0.05) is 0 Å². The molecule has 1 aliphatic carbocycles. The molecule has 0 aromatic carbocycles. The Bertz CT molecular complexity index is 311. The minimum atomic E-state index is -2.33. The van der Waals surface area contributed by atoms with E-state index in [4.69, 9.17) is 0 Å². The third kappa shape index (κ3) is 7.40. The summed E-state index contributed by atoms with van der Waals surface area (Å²) < 4.78 is 6.04. The van der Waals surface area contributed by atoms with Crippen molar-refractivity contribution in [2.24, 2.45) is 5.92 Å². The van der Waals surface area contributed by atoms with Crippen LogP contribution in [0.4, 0.5) is 0 Å². The molecule has 1 nitrogen and oxygen atoms in total. The Morgan fingerprint density at radius 1 is 0.917 bits per heavy atom. The fraction of sp³-hybridized carbons (Fsp3) is 0.909. The number of hydrogen-bond acceptors (Lipinski definition) is 1. The predicted octanol–water partition coefficient (Wildman–Crippen LogP) is 7.26. The van der Waals surface area contributed by atoms with Crippen molar-refractivity contribution in [3.05, 3.63) is 10.2 Å². The van der Waals surface area contributed by atoms with E-state index in [9.17, 15) is 5.11 Å². The van der Waals surface area contributed by atoms with Gasteiger partial charge in [-0.3, -0.25) is 0 Å². The molecule has 1 rings (SSSR count). The molecule has 0 radical (unpaired) electrons. The van der Waals surface area contributed by atoms with Crippen molar-refractivity contribution in [2.45, 2.75) is 117 Å². The van der Waals surface area contributed by atoms with Crippen LogP contribution in [-0.2, 0) is 0 Å². The normalized spacial score (nSPS) is 17.8. The first kappa shape index (κ1) is 22.5. The fourth-order valence-corrected chi connectivity index (χ4v) is 20.4. The molecule has 1 saturated carbocycles. The number of hydrogen-bond donors (Lipinski definition) is 1. The van der Waals surface area contributed by atoms with Crippen molar-refractivity contribution < 1.29 is 5.11 Å². The molecule has 0 amide bonds. The van der Waals surface area contributed by atoms with Gasteiger partial charge >= 0.3 is 157 Å². The van der Waals surface area contributed by atoms with Crippen LogP contribution in [0.1, 0.15) is 97.8 Å². The summed E-state index contributed by atoms with van der Waals surface area (Å²) in [6.45, 7) is 11.6. The summed E-state index contributed by atoms with van der Waals surface area (Å²) in [7, 11) is 0. The molecule has 1 atom stereocenters. The maximum absolute atomic E-state index is 10.9. The van der Waals surface area contributed by atoms with Gasteiger partial charge in [0.1, 0.15) is 0 Å². The van der Waals surface area contributed by atoms with Crippen LogP contribution >= 0.6 is 0 Å². The quantitative estimate of drug-likeness (QED) is 0.297. The fourth-order valence-electron chi connectivity index (χ4n) is 4.61. The molecule has 0 aliphatic heterocycles. The molecule has 1 N–H and O–H groups in total. The molecule has 1 aliphatic rings. The zero-order valence-corrected chi connectivity index (χ0v) is 19.8. The topological polar surface area (TPSA) is 20.2 Å². The van der Waals surface area contributed by atoms with Crippen LogP contribution in [0.3, 0.4) is 0 Å². The van der Waals surface area contributed by atoms with Crippen LogP contribution < -0.4 is 0 Å². The van der Waals surface area contributed by atoms with Crippen molar-refractivity contribution >= 4 is 18.4 Å². The van der Waals surface area contributed by atoms with Crippen molar-refractivity contribution in [1.29, 1.82) is 0 Å². The molecule has 0 spiro atoms. The Morgan fingerprint density at radius 2 is 1.38 bits per heavy atom. The van der Waals surface area contributed by atoms with E-state index < -0.39 is 18.4 Å². The zero-order chi connectivity index (χ0) is 17.8. The number of unbranched alkanes of at least 4 members (excludes halogenated alkanes) is 3. The molecular weight excluding hydrogens is 399 g/mol. The van der Waals surface area contributed by atoms with Gasteiger partial charge in [-0.25, -0.2) is 0 Å². The van der Waals surface area contributed by atoms with E-state index in [-0.39, 0.29) is 6.10 Å². The molecule has 1 fully saturated rings. The summed E-state index contributed by atoms with van der Waals surface area (Å²) in [5.74, 6) is 0.558. The standard InChI is InChI=1S/C10H17O.3C4H9.Sn/c1-2-6-10(11)9-7-4-3-5-8-9;3*1-3-4-2;/h9-11H,1,3-8H2;3*1,3-4H2,2H3;. The summed E-state index contributed by atoms with van der Waals surface area (Å²) in [6.07, 6.45) is 15.5. The van der Waals surface area contributed by atoms with E-state index in [1.807, 2.05) is 0 Å². The summed E-state index contributed by atoms with van der Waals surface area (Å²) in [4.78, 5) is 0. The van der Waals surface area contributed by atoms with Gasteiger partial charge in [0.05, 0.1) is 0 Å². The summed E-state index contributed by atoms with van der Waals surface area (Å²) in [6, 6.07) is 0. The van der Waals surface area contributed by atoms with Crippen molar-refractivity contribution in [3.8, 4) is 0 Å². The van der Waals surface area contributed by atoms with E-state index in [1.54, 1.807) is 3.59 Å². The second-order valence-corrected chi connectivity index (χ2v) is 22.0. The molecule has 1 unspecified atom stereocenters. The van der Waals surface area contributed by atoms with Gasteiger partial charge < -0.3 is 0 Å². The van der Waals surface area contributed by atoms with Crippen molar-refractivity contribution in [3.63, 3.8) is 0 Å². The summed E-state index contributed by atoms with van der Waals surface area (Å²) in [5.41, 5.74) is 0. The summed E-state index contributed by atoms with van der Waals surface area (Å²) >= 11 is -2.33. The molecule has 0 bridgehead atoms. The van der Waals surface area contributed by atoms with Crippen molar-refractivity contribution in [1.82, 2.24) is 0 Å². The molecular formula is C22H44OSn. The first-order valence-corrected chi connectivity index (χ1v) is 18.4. The van der Waals surface area contributed by atoms with Crippen molar-refractivity contribution in [2.75, 3.05) is 0 Å². The Balaban J connectivity index is 2.77. The predicted molar refractivity (Wildman–Crippen MR) is 111 cm³/mol. The molecule has 0 heterocycles. The van der Waals surface area contributed by atoms with E-state index in [1.165, 1.54) is 83.9 Å². The van der Waals surface area contributed by atoms with Crippen LogP contribution in [0.25, 0.3) is 0 Å². The van der Waals surface area contributed by atoms with E-state index in [0.717, 1.165) is 6.42 Å². The van der Waals surface area contributed by atoms with Crippen LogP contribution in [-0.4, -0.2) is 29.6 Å². The Morgan fingerprint density at radius 3 is 1.79 bits per heavy atom. The zero-order valence-electron chi connectivity index (χ0n) is 16.9. The van der Waals surface area contributed by atoms with E-state index in [2.05, 4.69) is 27.4 Å². The molecule has 142 valence electrons. The first-order chi connectivity index (χ1) is 11.6. The van der Waals surface area contributed by atoms with Gasteiger partial charge in [0.2, 0.25) is 0 Å². The Hall–Kier alpha value is 0.499. The van der Waals surface area contributed by atoms with Gasteiger partial charge in [-0.2, -0.15) is 0 Å². The first-order valence-electron chi connectivity index (χ1n) is 11.0. The molecule has 2 heteroatoms. The van der Waals surface area contributed by atoms with E-state index in [0.29, 0.717) is 5.92 Å². The minimum absolute atomic E-state index is 0.0984. The summed E-state index contributed by atoms with van der Waals surface area (Å²) in [5, 5.41) is 10.9. The van der Waals surface area contributed by atoms with Gasteiger partial charge in [-0.1, -0.05) is 0 Å². The van der Waals surface area contributed by atoms with Gasteiger partial charge in [-0.15, -0.1) is 0 Å². The molecule has 0 aromatic rings. The van der Waals surface area contributed by atoms with Crippen LogP contribution in [0, 0.1) is 5.92 Å². The molecule has 0 aromatic heterocycles. The third-order valence-corrected chi connectivity index (χ3v) is 22.5.